The van der Waals surface area contributed by atoms with Gasteiger partial charge in [-0.1, -0.05) is 24.3 Å². The molecule has 2 aromatic rings. The number of rotatable bonds is 5. The van der Waals surface area contributed by atoms with Crippen LogP contribution in [-0.2, 0) is 11.2 Å². The van der Waals surface area contributed by atoms with E-state index in [1.54, 1.807) is 0 Å². The van der Waals surface area contributed by atoms with Crippen LogP contribution in [0.1, 0.15) is 18.4 Å². The summed E-state index contributed by atoms with van der Waals surface area (Å²) in [6.07, 6.45) is 5.01. The minimum atomic E-state index is 0.226. The number of para-hydroxylation sites is 1. The quantitative estimate of drug-likeness (QED) is 0.854. The molecule has 1 saturated heterocycles. The van der Waals surface area contributed by atoms with Crippen LogP contribution in [0.2, 0.25) is 0 Å². The van der Waals surface area contributed by atoms with E-state index in [0.29, 0.717) is 6.54 Å². The largest absolute Gasteiger partial charge is 0.342 e. The summed E-state index contributed by atoms with van der Waals surface area (Å²) < 4.78 is 0. The van der Waals surface area contributed by atoms with Crippen LogP contribution >= 0.6 is 0 Å². The number of fused-ring (bicyclic) bond motifs is 1. The van der Waals surface area contributed by atoms with Gasteiger partial charge in [-0.2, -0.15) is 0 Å². The van der Waals surface area contributed by atoms with Crippen molar-refractivity contribution in [3.63, 3.8) is 0 Å². The average Bonchev–Trinajstić information content (AvgIpc) is 3.06. The van der Waals surface area contributed by atoms with Crippen LogP contribution in [-0.4, -0.2) is 42.0 Å². The molecule has 1 fully saturated rings. The lowest BCUT2D eigenvalue weighted by Gasteiger charge is -2.15. The molecule has 2 heterocycles. The molecule has 0 atom stereocenters. The summed E-state index contributed by atoms with van der Waals surface area (Å²) in [5.41, 5.74) is 2.29. The predicted molar refractivity (Wildman–Crippen MR) is 84.1 cm³/mol. The first kappa shape index (κ1) is 14.0. The standard InChI is InChI=1S/C17H21N3O/c21-16(20-11-1-2-12-20)13-18-10-8-15-6-3-5-14-7-4-9-19-17(14)15/h3-7,9,18H,1-2,8,10-13H2. The number of nitrogens with zero attached hydrogens (tertiary/aromatic N) is 2. The molecule has 0 bridgehead atoms. The lowest BCUT2D eigenvalue weighted by molar-refractivity contribution is -0.129. The molecule has 4 nitrogen and oxygen atoms in total. The number of benzene rings is 1. The van der Waals surface area contributed by atoms with E-state index in [4.69, 9.17) is 0 Å². The minimum absolute atomic E-state index is 0.226. The molecule has 1 aliphatic rings. The van der Waals surface area contributed by atoms with E-state index >= 15 is 0 Å². The fraction of sp³-hybridized carbons (Fsp3) is 0.412. The van der Waals surface area contributed by atoms with Gasteiger partial charge in [0.15, 0.2) is 0 Å². The number of likely N-dealkylation sites (tertiary alicyclic amines) is 1. The van der Waals surface area contributed by atoms with E-state index in [-0.39, 0.29) is 5.91 Å². The maximum Gasteiger partial charge on any atom is 0.236 e. The van der Waals surface area contributed by atoms with E-state index in [9.17, 15) is 4.79 Å². The molecule has 0 saturated carbocycles. The Bertz CT molecular complexity index is 615. The molecule has 1 aliphatic heterocycles. The van der Waals surface area contributed by atoms with Crippen molar-refractivity contribution in [2.75, 3.05) is 26.2 Å². The molecule has 0 aliphatic carbocycles. The van der Waals surface area contributed by atoms with Gasteiger partial charge in [0.05, 0.1) is 12.1 Å². The van der Waals surface area contributed by atoms with Crippen LogP contribution in [0.5, 0.6) is 0 Å². The third-order valence-electron chi connectivity index (χ3n) is 4.02. The Morgan fingerprint density at radius 2 is 2.00 bits per heavy atom. The molecule has 0 radical (unpaired) electrons. The number of carbonyl (C=O) groups is 1. The highest BCUT2D eigenvalue weighted by atomic mass is 16.2. The second-order valence-electron chi connectivity index (χ2n) is 5.51. The third-order valence-corrected chi connectivity index (χ3v) is 4.02. The van der Waals surface area contributed by atoms with Crippen molar-refractivity contribution in [2.24, 2.45) is 0 Å². The Kier molecular flexibility index (Phi) is 4.46. The number of hydrogen-bond donors (Lipinski definition) is 1. The van der Waals surface area contributed by atoms with Crippen molar-refractivity contribution in [1.29, 1.82) is 0 Å². The van der Waals surface area contributed by atoms with Crippen LogP contribution in [0.3, 0.4) is 0 Å². The monoisotopic (exact) mass is 283 g/mol. The first-order valence-corrected chi connectivity index (χ1v) is 7.66. The fourth-order valence-electron chi connectivity index (χ4n) is 2.87. The van der Waals surface area contributed by atoms with Gasteiger partial charge >= 0.3 is 0 Å². The van der Waals surface area contributed by atoms with Crippen LogP contribution < -0.4 is 5.32 Å². The maximum absolute atomic E-state index is 11.9. The van der Waals surface area contributed by atoms with Crippen molar-refractivity contribution in [2.45, 2.75) is 19.3 Å². The number of pyridine rings is 1. The van der Waals surface area contributed by atoms with Gasteiger partial charge in [-0.05, 0) is 37.4 Å². The zero-order valence-electron chi connectivity index (χ0n) is 12.2. The van der Waals surface area contributed by atoms with Crippen molar-refractivity contribution < 1.29 is 4.79 Å². The van der Waals surface area contributed by atoms with Gasteiger partial charge in [-0.25, -0.2) is 0 Å². The topological polar surface area (TPSA) is 45.2 Å². The highest BCUT2D eigenvalue weighted by Crippen LogP contribution is 2.16. The lowest BCUT2D eigenvalue weighted by atomic mass is 10.1. The lowest BCUT2D eigenvalue weighted by Crippen LogP contribution is -2.36. The number of nitrogens with one attached hydrogen (secondary N) is 1. The normalized spacial score (nSPS) is 14.8. The zero-order chi connectivity index (χ0) is 14.5. The number of carbonyl (C=O) groups excluding carboxylic acids is 1. The first-order valence-electron chi connectivity index (χ1n) is 7.66. The SMILES string of the molecule is O=C(CNCCc1cccc2cccnc12)N1CCCC1. The Labute approximate surface area is 125 Å². The second-order valence-corrected chi connectivity index (χ2v) is 5.51. The van der Waals surface area contributed by atoms with E-state index < -0.39 is 0 Å². The summed E-state index contributed by atoms with van der Waals surface area (Å²) in [6, 6.07) is 10.3. The zero-order valence-corrected chi connectivity index (χ0v) is 12.2. The molecule has 1 aromatic heterocycles. The Balaban J connectivity index is 1.51. The number of aromatic nitrogens is 1. The summed E-state index contributed by atoms with van der Waals surface area (Å²) in [7, 11) is 0. The predicted octanol–water partition coefficient (Wildman–Crippen LogP) is 1.99. The molecule has 1 amide bonds. The Morgan fingerprint density at radius 1 is 1.19 bits per heavy atom. The third kappa shape index (κ3) is 3.39. The van der Waals surface area contributed by atoms with Crippen molar-refractivity contribution >= 4 is 16.8 Å². The number of amides is 1. The maximum atomic E-state index is 11.9. The molecule has 110 valence electrons. The molecule has 3 rings (SSSR count). The first-order chi connectivity index (χ1) is 10.3. The van der Waals surface area contributed by atoms with Gasteiger partial charge in [0, 0.05) is 24.7 Å². The van der Waals surface area contributed by atoms with Crippen LogP contribution in [0.15, 0.2) is 36.5 Å². The van der Waals surface area contributed by atoms with Gasteiger partial charge in [0.1, 0.15) is 0 Å². The number of hydrogen-bond acceptors (Lipinski definition) is 3. The van der Waals surface area contributed by atoms with Crippen LogP contribution in [0.4, 0.5) is 0 Å². The molecular weight excluding hydrogens is 262 g/mol. The highest BCUT2D eigenvalue weighted by Gasteiger charge is 2.16. The molecule has 1 aromatic carbocycles. The Morgan fingerprint density at radius 3 is 2.86 bits per heavy atom. The highest BCUT2D eigenvalue weighted by molar-refractivity contribution is 5.81. The van der Waals surface area contributed by atoms with E-state index in [2.05, 4.69) is 34.6 Å². The van der Waals surface area contributed by atoms with Gasteiger partial charge in [-0.3, -0.25) is 9.78 Å². The van der Waals surface area contributed by atoms with Gasteiger partial charge in [0.2, 0.25) is 5.91 Å². The van der Waals surface area contributed by atoms with E-state index in [1.807, 2.05) is 17.2 Å². The average molecular weight is 283 g/mol. The van der Waals surface area contributed by atoms with Gasteiger partial charge in [-0.15, -0.1) is 0 Å². The van der Waals surface area contributed by atoms with Crippen LogP contribution in [0, 0.1) is 0 Å². The molecule has 4 heteroatoms. The van der Waals surface area contributed by atoms with E-state index in [0.717, 1.165) is 44.4 Å². The van der Waals surface area contributed by atoms with Crippen molar-refractivity contribution in [1.82, 2.24) is 15.2 Å². The second kappa shape index (κ2) is 6.68. The van der Waals surface area contributed by atoms with Crippen LogP contribution in [0.25, 0.3) is 10.9 Å². The van der Waals surface area contributed by atoms with E-state index in [1.165, 1.54) is 10.9 Å². The summed E-state index contributed by atoms with van der Waals surface area (Å²) in [5.74, 6) is 0.226. The summed E-state index contributed by atoms with van der Waals surface area (Å²) >= 11 is 0. The van der Waals surface area contributed by atoms with Gasteiger partial charge < -0.3 is 10.2 Å². The van der Waals surface area contributed by atoms with Crippen molar-refractivity contribution in [3.05, 3.63) is 42.1 Å². The summed E-state index contributed by atoms with van der Waals surface area (Å²) in [6.45, 7) is 3.09. The van der Waals surface area contributed by atoms with Crippen molar-refractivity contribution in [3.8, 4) is 0 Å². The van der Waals surface area contributed by atoms with Gasteiger partial charge in [0.25, 0.3) is 0 Å². The molecular formula is C17H21N3O. The summed E-state index contributed by atoms with van der Waals surface area (Å²) in [4.78, 5) is 18.3. The molecule has 21 heavy (non-hydrogen) atoms. The smallest absolute Gasteiger partial charge is 0.236 e. The molecule has 0 unspecified atom stereocenters. The molecule has 1 N–H and O–H groups in total. The fourth-order valence-corrected chi connectivity index (χ4v) is 2.87. The Hall–Kier alpha value is -1.94. The molecule has 0 spiro atoms. The minimum Gasteiger partial charge on any atom is -0.342 e. The summed E-state index contributed by atoms with van der Waals surface area (Å²) in [5, 5.41) is 4.43.